The third-order valence-corrected chi connectivity index (χ3v) is 5.71. The Morgan fingerprint density at radius 2 is 2.20 bits per heavy atom. The predicted octanol–water partition coefficient (Wildman–Crippen LogP) is 1.35. The van der Waals surface area contributed by atoms with Crippen molar-refractivity contribution in [3.8, 4) is 0 Å². The van der Waals surface area contributed by atoms with Gasteiger partial charge < -0.3 is 16.0 Å². The number of hydrogen-bond donors (Lipinski definition) is 2. The summed E-state index contributed by atoms with van der Waals surface area (Å²) in [6, 6.07) is 5.07. The molecule has 0 bridgehead atoms. The van der Waals surface area contributed by atoms with Crippen LogP contribution < -0.4 is 16.0 Å². The lowest BCUT2D eigenvalue weighted by atomic mass is 10.1. The van der Waals surface area contributed by atoms with Crippen LogP contribution >= 0.6 is 11.6 Å². The molecule has 1 amide bonds. The van der Waals surface area contributed by atoms with Gasteiger partial charge >= 0.3 is 0 Å². The first-order chi connectivity index (χ1) is 11.7. The van der Waals surface area contributed by atoms with Crippen molar-refractivity contribution in [1.29, 1.82) is 0 Å². The van der Waals surface area contributed by atoms with E-state index in [4.69, 9.17) is 17.3 Å². The number of rotatable bonds is 7. The number of anilines is 1. The molecule has 0 spiro atoms. The highest BCUT2D eigenvalue weighted by molar-refractivity contribution is 7.90. The van der Waals surface area contributed by atoms with Crippen LogP contribution in [0.1, 0.15) is 18.4 Å². The van der Waals surface area contributed by atoms with Crippen LogP contribution in [0.3, 0.4) is 0 Å². The number of carbonyl (C=O) groups excluding carboxylic acids is 1. The molecule has 8 heteroatoms. The maximum absolute atomic E-state index is 12.0. The molecule has 1 aromatic carbocycles. The third kappa shape index (κ3) is 6.17. The van der Waals surface area contributed by atoms with Crippen molar-refractivity contribution in [2.75, 3.05) is 36.5 Å². The first-order valence-corrected chi connectivity index (χ1v) is 10.8. The first kappa shape index (κ1) is 20.0. The molecular weight excluding hydrogens is 362 g/mol. The molecule has 2 atom stereocenters. The van der Waals surface area contributed by atoms with Crippen molar-refractivity contribution in [1.82, 2.24) is 5.32 Å². The quantitative estimate of drug-likeness (QED) is 0.736. The van der Waals surface area contributed by atoms with E-state index in [1.165, 1.54) is 5.56 Å². The first-order valence-electron chi connectivity index (χ1n) is 8.38. The number of nitrogens with zero attached hydrogens (tertiary/aromatic N) is 1. The number of amides is 1. The average Bonchev–Trinajstić information content (AvgIpc) is 3.00. The Hall–Kier alpha value is -1.31. The fourth-order valence-corrected chi connectivity index (χ4v) is 3.84. The highest BCUT2D eigenvalue weighted by Gasteiger charge is 2.25. The number of sulfone groups is 1. The molecular formula is C17H26ClN3O3S. The SMILES string of the molecule is Cc1ccc(Cl)cc1N1CCC(CNC(=O)C(N)CCS(C)(=O)=O)C1. The van der Waals surface area contributed by atoms with Crippen LogP contribution in [-0.4, -0.2) is 52.0 Å². The average molecular weight is 388 g/mol. The number of hydrogen-bond acceptors (Lipinski definition) is 5. The van der Waals surface area contributed by atoms with Crippen molar-refractivity contribution in [2.45, 2.75) is 25.8 Å². The van der Waals surface area contributed by atoms with Gasteiger partial charge in [-0.2, -0.15) is 0 Å². The number of halogens is 1. The molecule has 1 aliphatic rings. The second kappa shape index (κ2) is 8.38. The number of benzene rings is 1. The Morgan fingerprint density at radius 3 is 2.88 bits per heavy atom. The van der Waals surface area contributed by atoms with Crippen LogP contribution in [-0.2, 0) is 14.6 Å². The van der Waals surface area contributed by atoms with Gasteiger partial charge in [0.15, 0.2) is 0 Å². The summed E-state index contributed by atoms with van der Waals surface area (Å²) >= 11 is 6.09. The van der Waals surface area contributed by atoms with E-state index in [0.29, 0.717) is 17.5 Å². The summed E-state index contributed by atoms with van der Waals surface area (Å²) in [5.41, 5.74) is 8.07. The van der Waals surface area contributed by atoms with Crippen LogP contribution in [0.5, 0.6) is 0 Å². The van der Waals surface area contributed by atoms with Gasteiger partial charge in [0.2, 0.25) is 5.91 Å². The van der Waals surface area contributed by atoms with E-state index in [1.54, 1.807) is 0 Å². The summed E-state index contributed by atoms with van der Waals surface area (Å²) in [6.45, 7) is 4.37. The van der Waals surface area contributed by atoms with Gasteiger partial charge in [-0.15, -0.1) is 0 Å². The van der Waals surface area contributed by atoms with E-state index in [9.17, 15) is 13.2 Å². The van der Waals surface area contributed by atoms with Gasteiger partial charge in [-0.25, -0.2) is 8.42 Å². The second-order valence-corrected chi connectivity index (χ2v) is 9.50. The van der Waals surface area contributed by atoms with E-state index in [1.807, 2.05) is 18.2 Å². The molecule has 0 saturated carbocycles. The van der Waals surface area contributed by atoms with Gasteiger partial charge in [0, 0.05) is 36.6 Å². The van der Waals surface area contributed by atoms with Crippen molar-refractivity contribution in [3.63, 3.8) is 0 Å². The standard InChI is InChI=1S/C17H26ClN3O3S/c1-12-3-4-14(18)9-16(12)21-7-5-13(11-21)10-20-17(22)15(19)6-8-25(2,23)24/h3-4,9,13,15H,5-8,10-11,19H2,1-2H3,(H,20,22). The molecule has 1 aromatic rings. The summed E-state index contributed by atoms with van der Waals surface area (Å²) in [7, 11) is -3.11. The van der Waals surface area contributed by atoms with E-state index < -0.39 is 15.9 Å². The van der Waals surface area contributed by atoms with E-state index in [2.05, 4.69) is 17.1 Å². The Bertz CT molecular complexity index is 724. The van der Waals surface area contributed by atoms with Crippen LogP contribution in [0.25, 0.3) is 0 Å². The van der Waals surface area contributed by atoms with Crippen molar-refractivity contribution in [3.05, 3.63) is 28.8 Å². The zero-order valence-corrected chi connectivity index (χ0v) is 16.2. The van der Waals surface area contributed by atoms with E-state index in [-0.39, 0.29) is 18.1 Å². The van der Waals surface area contributed by atoms with Gasteiger partial charge in [0.05, 0.1) is 11.8 Å². The molecule has 1 aliphatic heterocycles. The number of nitrogens with two attached hydrogens (primary N) is 1. The normalized spacial score (nSPS) is 19.0. The number of carbonyl (C=O) groups is 1. The topological polar surface area (TPSA) is 92.5 Å². The maximum atomic E-state index is 12.0. The Labute approximate surface area is 154 Å². The van der Waals surface area contributed by atoms with Gasteiger partial charge in [0.25, 0.3) is 0 Å². The highest BCUT2D eigenvalue weighted by Crippen LogP contribution is 2.29. The van der Waals surface area contributed by atoms with Crippen LogP contribution in [0.4, 0.5) is 5.69 Å². The van der Waals surface area contributed by atoms with E-state index >= 15 is 0 Å². The van der Waals surface area contributed by atoms with Gasteiger partial charge in [-0.3, -0.25) is 4.79 Å². The number of nitrogens with one attached hydrogen (secondary N) is 1. The lowest BCUT2D eigenvalue weighted by Crippen LogP contribution is -2.43. The number of aryl methyl sites for hydroxylation is 1. The monoisotopic (exact) mass is 387 g/mol. The summed E-state index contributed by atoms with van der Waals surface area (Å²) in [5, 5.41) is 3.56. The minimum absolute atomic E-state index is 0.0766. The minimum atomic E-state index is -3.11. The molecule has 0 aliphatic carbocycles. The molecule has 25 heavy (non-hydrogen) atoms. The van der Waals surface area contributed by atoms with Gasteiger partial charge in [0.1, 0.15) is 9.84 Å². The summed E-state index contributed by atoms with van der Waals surface area (Å²) in [6.07, 6.45) is 2.26. The second-order valence-electron chi connectivity index (χ2n) is 6.80. The van der Waals surface area contributed by atoms with Crippen LogP contribution in [0.2, 0.25) is 5.02 Å². The molecule has 140 valence electrons. The third-order valence-electron chi connectivity index (χ3n) is 4.50. The van der Waals surface area contributed by atoms with Crippen molar-refractivity contribution in [2.24, 2.45) is 11.7 Å². The smallest absolute Gasteiger partial charge is 0.236 e. The molecule has 2 unspecified atom stereocenters. The van der Waals surface area contributed by atoms with Gasteiger partial charge in [-0.05, 0) is 43.4 Å². The largest absolute Gasteiger partial charge is 0.371 e. The molecule has 1 heterocycles. The Morgan fingerprint density at radius 1 is 1.48 bits per heavy atom. The Kier molecular flexibility index (Phi) is 6.71. The molecule has 2 rings (SSSR count). The van der Waals surface area contributed by atoms with Crippen molar-refractivity contribution < 1.29 is 13.2 Å². The summed E-state index contributed by atoms with van der Waals surface area (Å²) in [5.74, 6) is -0.0298. The lowest BCUT2D eigenvalue weighted by molar-refractivity contribution is -0.122. The van der Waals surface area contributed by atoms with Gasteiger partial charge in [-0.1, -0.05) is 17.7 Å². The fraction of sp³-hybridized carbons (Fsp3) is 0.588. The fourth-order valence-electron chi connectivity index (χ4n) is 2.99. The lowest BCUT2D eigenvalue weighted by Gasteiger charge is -2.21. The zero-order valence-electron chi connectivity index (χ0n) is 14.7. The molecule has 3 N–H and O–H groups in total. The maximum Gasteiger partial charge on any atom is 0.236 e. The predicted molar refractivity (Wildman–Crippen MR) is 102 cm³/mol. The summed E-state index contributed by atoms with van der Waals surface area (Å²) in [4.78, 5) is 14.3. The highest BCUT2D eigenvalue weighted by atomic mass is 35.5. The van der Waals surface area contributed by atoms with Crippen LogP contribution in [0, 0.1) is 12.8 Å². The molecule has 6 nitrogen and oxygen atoms in total. The van der Waals surface area contributed by atoms with E-state index in [0.717, 1.165) is 31.5 Å². The van der Waals surface area contributed by atoms with Crippen LogP contribution in [0.15, 0.2) is 18.2 Å². The minimum Gasteiger partial charge on any atom is -0.371 e. The summed E-state index contributed by atoms with van der Waals surface area (Å²) < 4.78 is 22.3. The van der Waals surface area contributed by atoms with Crippen molar-refractivity contribution >= 4 is 33.0 Å². The zero-order chi connectivity index (χ0) is 18.6. The molecule has 0 radical (unpaired) electrons. The molecule has 1 saturated heterocycles. The molecule has 0 aromatic heterocycles. The molecule has 1 fully saturated rings. The Balaban J connectivity index is 1.81.